The van der Waals surface area contributed by atoms with Gasteiger partial charge in [-0.1, -0.05) is 13.8 Å². The van der Waals surface area contributed by atoms with Crippen LogP contribution < -0.4 is 0 Å². The second-order valence-electron chi connectivity index (χ2n) is 9.17. The molecule has 1 N–H and O–H groups in total. The molecule has 3 saturated heterocycles. The molecule has 1 spiro atoms. The Kier molecular flexibility index (Phi) is 5.55. The lowest BCUT2D eigenvalue weighted by Crippen LogP contribution is -2.54. The maximum absolute atomic E-state index is 13.4. The zero-order chi connectivity index (χ0) is 18.9. The molecule has 1 amide bonds. The molecule has 150 valence electrons. The average molecular weight is 375 g/mol. The number of hydrogen-bond acceptors (Lipinski definition) is 4. The van der Waals surface area contributed by atoms with Crippen molar-refractivity contribution in [1.29, 1.82) is 0 Å². The number of H-pyrrole nitrogens is 1. The van der Waals surface area contributed by atoms with Gasteiger partial charge in [0.05, 0.1) is 11.1 Å². The van der Waals surface area contributed by atoms with Crippen molar-refractivity contribution in [3.8, 4) is 0 Å². The number of likely N-dealkylation sites (tertiary alicyclic amines) is 2. The van der Waals surface area contributed by atoms with E-state index in [1.165, 1.54) is 5.69 Å². The number of rotatable bonds is 5. The van der Waals surface area contributed by atoms with Gasteiger partial charge in [0.2, 0.25) is 5.91 Å². The van der Waals surface area contributed by atoms with E-state index in [0.717, 1.165) is 83.6 Å². The van der Waals surface area contributed by atoms with Crippen molar-refractivity contribution >= 4 is 5.91 Å². The molecule has 3 fully saturated rings. The summed E-state index contributed by atoms with van der Waals surface area (Å²) in [5.41, 5.74) is 2.16. The Hall–Kier alpha value is -1.40. The molecule has 1 aromatic rings. The predicted octanol–water partition coefficient (Wildman–Crippen LogP) is 2.60. The second-order valence-corrected chi connectivity index (χ2v) is 9.17. The van der Waals surface area contributed by atoms with Gasteiger partial charge in [-0.3, -0.25) is 14.8 Å². The molecule has 6 heteroatoms. The molecular weight excluding hydrogens is 340 g/mol. The number of amides is 1. The molecule has 27 heavy (non-hydrogen) atoms. The van der Waals surface area contributed by atoms with E-state index in [0.29, 0.717) is 17.9 Å². The number of aromatic nitrogens is 2. The van der Waals surface area contributed by atoms with Crippen LogP contribution in [0.1, 0.15) is 57.3 Å². The van der Waals surface area contributed by atoms with Crippen LogP contribution in [0.4, 0.5) is 0 Å². The SMILES string of the molecule is CC(C)Cc1cc(CN2CCC3(CCCN(C4CCOCC4)C3=O)C2)[nH]n1. The third-order valence-electron chi connectivity index (χ3n) is 6.53. The maximum atomic E-state index is 13.4. The lowest BCUT2D eigenvalue weighted by Gasteiger charge is -2.44. The Bertz CT molecular complexity index is 652. The van der Waals surface area contributed by atoms with Gasteiger partial charge in [-0.2, -0.15) is 5.10 Å². The van der Waals surface area contributed by atoms with Crippen molar-refractivity contribution in [2.45, 2.75) is 65.0 Å². The Morgan fingerprint density at radius 3 is 2.89 bits per heavy atom. The molecule has 1 unspecified atom stereocenters. The summed E-state index contributed by atoms with van der Waals surface area (Å²) in [6, 6.07) is 2.59. The highest BCUT2D eigenvalue weighted by Gasteiger charge is 2.49. The van der Waals surface area contributed by atoms with E-state index < -0.39 is 0 Å². The van der Waals surface area contributed by atoms with Gasteiger partial charge in [-0.05, 0) is 57.1 Å². The normalized spacial score (nSPS) is 28.0. The molecular formula is C21H34N4O2. The minimum absolute atomic E-state index is 0.155. The van der Waals surface area contributed by atoms with Crippen molar-refractivity contribution in [2.75, 3.05) is 32.8 Å². The summed E-state index contributed by atoms with van der Waals surface area (Å²) in [6.07, 6.45) is 6.19. The Morgan fingerprint density at radius 1 is 1.30 bits per heavy atom. The summed E-state index contributed by atoms with van der Waals surface area (Å²) in [7, 11) is 0. The van der Waals surface area contributed by atoms with Gasteiger partial charge >= 0.3 is 0 Å². The molecule has 0 bridgehead atoms. The highest BCUT2D eigenvalue weighted by atomic mass is 16.5. The zero-order valence-electron chi connectivity index (χ0n) is 16.9. The van der Waals surface area contributed by atoms with E-state index in [1.807, 2.05) is 0 Å². The van der Waals surface area contributed by atoms with Crippen LogP contribution in [-0.2, 0) is 22.5 Å². The third kappa shape index (κ3) is 4.06. The van der Waals surface area contributed by atoms with Gasteiger partial charge in [-0.25, -0.2) is 0 Å². The molecule has 6 nitrogen and oxygen atoms in total. The van der Waals surface area contributed by atoms with Crippen LogP contribution in [0.25, 0.3) is 0 Å². The number of carbonyl (C=O) groups excluding carboxylic acids is 1. The number of aromatic amines is 1. The Labute approximate surface area is 162 Å². The molecule has 0 aliphatic carbocycles. The number of nitrogens with one attached hydrogen (secondary N) is 1. The van der Waals surface area contributed by atoms with Gasteiger partial charge in [0.25, 0.3) is 0 Å². The molecule has 0 aromatic carbocycles. The molecule has 1 atom stereocenters. The number of hydrogen-bond donors (Lipinski definition) is 1. The standard InChI is InChI=1S/C21H34N4O2/c1-16(2)12-17-13-18(23-22-17)14-24-9-7-21(15-24)6-3-8-25(20(21)26)19-4-10-27-11-5-19/h13,16,19H,3-12,14-15H2,1-2H3,(H,22,23). The zero-order valence-corrected chi connectivity index (χ0v) is 16.9. The third-order valence-corrected chi connectivity index (χ3v) is 6.53. The van der Waals surface area contributed by atoms with E-state index in [2.05, 4.69) is 39.9 Å². The van der Waals surface area contributed by atoms with E-state index in [4.69, 9.17) is 4.74 Å². The van der Waals surface area contributed by atoms with Crippen molar-refractivity contribution in [1.82, 2.24) is 20.0 Å². The van der Waals surface area contributed by atoms with Gasteiger partial charge in [0, 0.05) is 44.6 Å². The fourth-order valence-electron chi connectivity index (χ4n) is 5.17. The highest BCUT2D eigenvalue weighted by molar-refractivity contribution is 5.84. The Morgan fingerprint density at radius 2 is 2.11 bits per heavy atom. The lowest BCUT2D eigenvalue weighted by molar-refractivity contribution is -0.150. The van der Waals surface area contributed by atoms with Crippen LogP contribution in [0.5, 0.6) is 0 Å². The molecule has 4 heterocycles. The fraction of sp³-hybridized carbons (Fsp3) is 0.810. The smallest absolute Gasteiger partial charge is 0.230 e. The first-order valence-electron chi connectivity index (χ1n) is 10.7. The summed E-state index contributed by atoms with van der Waals surface area (Å²) in [5, 5.41) is 7.65. The predicted molar refractivity (Wildman–Crippen MR) is 104 cm³/mol. The van der Waals surface area contributed by atoms with Crippen LogP contribution in [0.2, 0.25) is 0 Å². The molecule has 0 radical (unpaired) electrons. The van der Waals surface area contributed by atoms with E-state index in [-0.39, 0.29) is 5.41 Å². The van der Waals surface area contributed by atoms with Crippen LogP contribution in [0, 0.1) is 11.3 Å². The van der Waals surface area contributed by atoms with E-state index in [9.17, 15) is 4.79 Å². The number of ether oxygens (including phenoxy) is 1. The second kappa shape index (κ2) is 7.92. The van der Waals surface area contributed by atoms with Gasteiger partial charge < -0.3 is 9.64 Å². The molecule has 4 rings (SSSR count). The summed E-state index contributed by atoms with van der Waals surface area (Å²) in [5.74, 6) is 1.03. The van der Waals surface area contributed by atoms with Gasteiger partial charge in [0.15, 0.2) is 0 Å². The first-order valence-corrected chi connectivity index (χ1v) is 10.7. The van der Waals surface area contributed by atoms with Crippen LogP contribution in [-0.4, -0.2) is 64.8 Å². The topological polar surface area (TPSA) is 61.5 Å². The van der Waals surface area contributed by atoms with Gasteiger partial charge in [-0.15, -0.1) is 0 Å². The lowest BCUT2D eigenvalue weighted by atomic mass is 9.77. The summed E-state index contributed by atoms with van der Waals surface area (Å²) >= 11 is 0. The summed E-state index contributed by atoms with van der Waals surface area (Å²) < 4.78 is 5.50. The minimum atomic E-state index is -0.155. The number of piperidine rings is 1. The number of carbonyl (C=O) groups is 1. The van der Waals surface area contributed by atoms with Crippen molar-refractivity contribution < 1.29 is 9.53 Å². The highest BCUT2D eigenvalue weighted by Crippen LogP contribution is 2.41. The minimum Gasteiger partial charge on any atom is -0.381 e. The van der Waals surface area contributed by atoms with Crippen molar-refractivity contribution in [2.24, 2.45) is 11.3 Å². The van der Waals surface area contributed by atoms with Crippen molar-refractivity contribution in [3.05, 3.63) is 17.5 Å². The largest absolute Gasteiger partial charge is 0.381 e. The fourth-order valence-corrected chi connectivity index (χ4v) is 5.17. The average Bonchev–Trinajstić information content (AvgIpc) is 3.26. The first-order chi connectivity index (χ1) is 13.1. The molecule has 0 saturated carbocycles. The quantitative estimate of drug-likeness (QED) is 0.861. The number of nitrogens with zero attached hydrogens (tertiary/aromatic N) is 3. The van der Waals surface area contributed by atoms with Crippen LogP contribution in [0.15, 0.2) is 6.07 Å². The molecule has 1 aromatic heterocycles. The molecule has 3 aliphatic rings. The maximum Gasteiger partial charge on any atom is 0.230 e. The van der Waals surface area contributed by atoms with Crippen LogP contribution in [0.3, 0.4) is 0 Å². The summed E-state index contributed by atoms with van der Waals surface area (Å²) in [6.45, 7) is 9.74. The van der Waals surface area contributed by atoms with Crippen LogP contribution >= 0.6 is 0 Å². The monoisotopic (exact) mass is 374 g/mol. The van der Waals surface area contributed by atoms with E-state index >= 15 is 0 Å². The van der Waals surface area contributed by atoms with Gasteiger partial charge in [0.1, 0.15) is 0 Å². The molecule has 3 aliphatic heterocycles. The van der Waals surface area contributed by atoms with E-state index in [1.54, 1.807) is 0 Å². The van der Waals surface area contributed by atoms with Crippen molar-refractivity contribution in [3.63, 3.8) is 0 Å². The Balaban J connectivity index is 1.38. The summed E-state index contributed by atoms with van der Waals surface area (Å²) in [4.78, 5) is 18.1. The first kappa shape index (κ1) is 18.9.